The summed E-state index contributed by atoms with van der Waals surface area (Å²) in [6.45, 7) is 11.8. The molecule has 0 unspecified atom stereocenters. The Morgan fingerprint density at radius 2 is 1.70 bits per heavy atom. The molecule has 1 fully saturated rings. The Morgan fingerprint density at radius 3 is 2.30 bits per heavy atom. The first-order valence-corrected chi connectivity index (χ1v) is 10.7. The number of nitrogens with zero attached hydrogens (tertiary/aromatic N) is 4. The topological polar surface area (TPSA) is 55.8 Å². The number of likely N-dealkylation sites (N-methyl/N-ethyl adjacent to an activating group) is 1. The summed E-state index contributed by atoms with van der Waals surface area (Å²) in [5.41, 5.74) is 2.26. The summed E-state index contributed by atoms with van der Waals surface area (Å²) >= 11 is 5.95. The number of aliphatic imine (C=N–C) groups is 1. The number of nitrogens with one attached hydrogen (secondary N) is 2. The lowest BCUT2D eigenvalue weighted by Gasteiger charge is -2.34. The minimum atomic E-state index is 0. The molecule has 1 saturated heterocycles. The molecule has 1 aliphatic heterocycles. The normalized spacial score (nSPS) is 14.9. The fourth-order valence-electron chi connectivity index (χ4n) is 3.29. The molecule has 6 nitrogen and oxygen atoms in total. The van der Waals surface area contributed by atoms with Crippen LogP contribution in [0.5, 0.6) is 0 Å². The number of piperazine rings is 1. The van der Waals surface area contributed by atoms with Crippen molar-refractivity contribution in [1.29, 1.82) is 0 Å². The molecule has 2 heterocycles. The van der Waals surface area contributed by atoms with Crippen LogP contribution in [0, 0.1) is 0 Å². The molecule has 1 aromatic heterocycles. The van der Waals surface area contributed by atoms with Gasteiger partial charge in [0.25, 0.3) is 0 Å². The number of rotatable bonds is 7. The third-order valence-electron chi connectivity index (χ3n) is 5.09. The third-order valence-corrected chi connectivity index (χ3v) is 5.34. The van der Waals surface area contributed by atoms with E-state index in [0.717, 1.165) is 67.2 Å². The van der Waals surface area contributed by atoms with E-state index in [4.69, 9.17) is 11.6 Å². The minimum absolute atomic E-state index is 0. The average molecular weight is 543 g/mol. The van der Waals surface area contributed by atoms with Crippen molar-refractivity contribution in [3.63, 3.8) is 0 Å². The van der Waals surface area contributed by atoms with Crippen LogP contribution >= 0.6 is 35.6 Å². The Kier molecular flexibility index (Phi) is 10.7. The molecule has 0 bridgehead atoms. The first-order valence-electron chi connectivity index (χ1n) is 10.4. The largest absolute Gasteiger partial charge is 0.357 e. The lowest BCUT2D eigenvalue weighted by Crippen LogP contribution is -2.46. The van der Waals surface area contributed by atoms with Crippen LogP contribution in [0.3, 0.4) is 0 Å². The molecule has 3 rings (SSSR count). The highest BCUT2D eigenvalue weighted by Crippen LogP contribution is 2.14. The quantitative estimate of drug-likeness (QED) is 0.317. The number of anilines is 1. The van der Waals surface area contributed by atoms with E-state index in [0.29, 0.717) is 13.1 Å². The van der Waals surface area contributed by atoms with E-state index >= 15 is 0 Å². The molecule has 1 aromatic carbocycles. The van der Waals surface area contributed by atoms with Crippen LogP contribution in [-0.2, 0) is 13.1 Å². The molecule has 0 amide bonds. The van der Waals surface area contributed by atoms with Crippen LogP contribution in [0.2, 0.25) is 5.02 Å². The molecule has 0 spiro atoms. The van der Waals surface area contributed by atoms with Gasteiger partial charge in [0.1, 0.15) is 5.82 Å². The predicted octanol–water partition coefficient (Wildman–Crippen LogP) is 3.75. The van der Waals surface area contributed by atoms with Gasteiger partial charge in [0, 0.05) is 50.5 Å². The summed E-state index contributed by atoms with van der Waals surface area (Å²) in [5.74, 6) is 1.85. The summed E-state index contributed by atoms with van der Waals surface area (Å²) in [5, 5.41) is 7.40. The number of guanidine groups is 1. The van der Waals surface area contributed by atoms with Gasteiger partial charge < -0.3 is 20.4 Å². The Morgan fingerprint density at radius 1 is 1.00 bits per heavy atom. The molecule has 164 valence electrons. The third kappa shape index (κ3) is 7.59. The fraction of sp³-hybridized carbons (Fsp3) is 0.455. The van der Waals surface area contributed by atoms with Crippen molar-refractivity contribution in [3.8, 4) is 0 Å². The highest BCUT2D eigenvalue weighted by atomic mass is 127. The summed E-state index contributed by atoms with van der Waals surface area (Å²) in [7, 11) is 0. The molecule has 0 radical (unpaired) electrons. The van der Waals surface area contributed by atoms with Crippen LogP contribution in [0.15, 0.2) is 47.6 Å². The van der Waals surface area contributed by atoms with E-state index in [1.54, 1.807) is 0 Å². The van der Waals surface area contributed by atoms with Crippen molar-refractivity contribution in [2.75, 3.05) is 44.2 Å². The van der Waals surface area contributed by atoms with Gasteiger partial charge in [-0.25, -0.2) is 9.98 Å². The van der Waals surface area contributed by atoms with Gasteiger partial charge in [0.05, 0.1) is 6.54 Å². The van der Waals surface area contributed by atoms with Gasteiger partial charge in [-0.15, -0.1) is 24.0 Å². The van der Waals surface area contributed by atoms with Gasteiger partial charge in [-0.1, -0.05) is 36.7 Å². The lowest BCUT2D eigenvalue weighted by molar-refractivity contribution is 0.270. The van der Waals surface area contributed by atoms with Crippen LogP contribution < -0.4 is 15.5 Å². The monoisotopic (exact) mass is 542 g/mol. The zero-order chi connectivity index (χ0) is 20.5. The molecular formula is C22H32ClIN6. The van der Waals surface area contributed by atoms with Gasteiger partial charge in [-0.2, -0.15) is 0 Å². The highest BCUT2D eigenvalue weighted by Gasteiger charge is 2.16. The van der Waals surface area contributed by atoms with Crippen molar-refractivity contribution in [3.05, 3.63) is 58.7 Å². The van der Waals surface area contributed by atoms with Crippen molar-refractivity contribution < 1.29 is 0 Å². The molecule has 0 saturated carbocycles. The summed E-state index contributed by atoms with van der Waals surface area (Å²) in [6.07, 6.45) is 1.94. The van der Waals surface area contributed by atoms with E-state index in [1.165, 1.54) is 0 Å². The SMILES string of the molecule is CCNC(=NCc1ccc(N2CCN(CC)CC2)nc1)NCc1ccc(Cl)cc1.I. The van der Waals surface area contributed by atoms with Crippen molar-refractivity contribution in [2.45, 2.75) is 26.9 Å². The maximum atomic E-state index is 5.95. The van der Waals surface area contributed by atoms with E-state index in [2.05, 4.69) is 56.4 Å². The zero-order valence-corrected chi connectivity index (χ0v) is 20.9. The van der Waals surface area contributed by atoms with E-state index < -0.39 is 0 Å². The first kappa shape index (κ1) is 24.7. The average Bonchev–Trinajstić information content (AvgIpc) is 2.77. The second kappa shape index (κ2) is 13.0. The van der Waals surface area contributed by atoms with Gasteiger partial charge in [-0.05, 0) is 42.8 Å². The number of hydrogen-bond acceptors (Lipinski definition) is 4. The first-order chi connectivity index (χ1) is 14.2. The zero-order valence-electron chi connectivity index (χ0n) is 17.8. The molecule has 1 aliphatic rings. The standard InChI is InChI=1S/C22H31ClN6.HI/c1-3-24-22(26-15-18-5-8-20(23)9-6-18)27-17-19-7-10-21(25-16-19)29-13-11-28(4-2)12-14-29;/h5-10,16H,3-4,11-15,17H2,1-2H3,(H2,24,26,27);1H. The molecule has 30 heavy (non-hydrogen) atoms. The Labute approximate surface area is 202 Å². The number of hydrogen-bond donors (Lipinski definition) is 2. The smallest absolute Gasteiger partial charge is 0.191 e. The molecule has 2 N–H and O–H groups in total. The molecular weight excluding hydrogens is 511 g/mol. The Bertz CT molecular complexity index is 773. The maximum absolute atomic E-state index is 5.95. The minimum Gasteiger partial charge on any atom is -0.357 e. The van der Waals surface area contributed by atoms with E-state index in [-0.39, 0.29) is 24.0 Å². The maximum Gasteiger partial charge on any atom is 0.191 e. The molecule has 0 atom stereocenters. The second-order valence-electron chi connectivity index (χ2n) is 7.12. The number of benzene rings is 1. The summed E-state index contributed by atoms with van der Waals surface area (Å²) in [4.78, 5) is 14.2. The van der Waals surface area contributed by atoms with Gasteiger partial charge in [0.2, 0.25) is 0 Å². The van der Waals surface area contributed by atoms with Crippen molar-refractivity contribution in [2.24, 2.45) is 4.99 Å². The van der Waals surface area contributed by atoms with Crippen LogP contribution in [0.1, 0.15) is 25.0 Å². The predicted molar refractivity (Wildman–Crippen MR) is 137 cm³/mol. The van der Waals surface area contributed by atoms with Crippen LogP contribution in [-0.4, -0.2) is 55.1 Å². The van der Waals surface area contributed by atoms with Gasteiger partial charge >= 0.3 is 0 Å². The molecule has 0 aliphatic carbocycles. The van der Waals surface area contributed by atoms with Crippen molar-refractivity contribution >= 4 is 47.4 Å². The van der Waals surface area contributed by atoms with Crippen LogP contribution in [0.4, 0.5) is 5.82 Å². The van der Waals surface area contributed by atoms with E-state index in [9.17, 15) is 0 Å². The summed E-state index contributed by atoms with van der Waals surface area (Å²) < 4.78 is 0. The van der Waals surface area contributed by atoms with Crippen LogP contribution in [0.25, 0.3) is 0 Å². The second-order valence-corrected chi connectivity index (χ2v) is 7.56. The number of aromatic nitrogens is 1. The van der Waals surface area contributed by atoms with Crippen molar-refractivity contribution in [1.82, 2.24) is 20.5 Å². The Hall–Kier alpha value is -1.58. The fourth-order valence-corrected chi connectivity index (χ4v) is 3.42. The van der Waals surface area contributed by atoms with Gasteiger partial charge in [-0.3, -0.25) is 0 Å². The Balaban J connectivity index is 0.00000320. The molecule has 8 heteroatoms. The highest BCUT2D eigenvalue weighted by molar-refractivity contribution is 14.0. The summed E-state index contributed by atoms with van der Waals surface area (Å²) in [6, 6.07) is 12.1. The van der Waals surface area contributed by atoms with E-state index in [1.807, 2.05) is 30.5 Å². The van der Waals surface area contributed by atoms with Gasteiger partial charge in [0.15, 0.2) is 5.96 Å². The number of halogens is 2. The number of pyridine rings is 1. The lowest BCUT2D eigenvalue weighted by atomic mass is 10.2. The molecule has 2 aromatic rings.